The van der Waals surface area contributed by atoms with Gasteiger partial charge in [0, 0.05) is 18.8 Å². The maximum Gasteiger partial charge on any atom is 0.165 e. The Balaban J connectivity index is 1.65. The molecule has 1 fully saturated rings. The van der Waals surface area contributed by atoms with Crippen molar-refractivity contribution in [2.24, 2.45) is 0 Å². The van der Waals surface area contributed by atoms with E-state index in [1.165, 1.54) is 24.8 Å². The van der Waals surface area contributed by atoms with Crippen molar-refractivity contribution in [1.29, 1.82) is 0 Å². The molecule has 0 radical (unpaired) electrons. The van der Waals surface area contributed by atoms with Gasteiger partial charge in [0.05, 0.1) is 19.3 Å². The second-order valence-corrected chi connectivity index (χ2v) is 6.53. The molecule has 2 aromatic rings. The van der Waals surface area contributed by atoms with E-state index in [2.05, 4.69) is 50.3 Å². The first-order valence-corrected chi connectivity index (χ1v) is 8.74. The zero-order valence-electron chi connectivity index (χ0n) is 14.2. The van der Waals surface area contributed by atoms with Crippen molar-refractivity contribution in [2.75, 3.05) is 6.54 Å². The van der Waals surface area contributed by atoms with Crippen molar-refractivity contribution in [3.05, 3.63) is 23.8 Å². The van der Waals surface area contributed by atoms with Crippen molar-refractivity contribution >= 4 is 0 Å². The summed E-state index contributed by atoms with van der Waals surface area (Å²) in [5.41, 5.74) is 1.22. The van der Waals surface area contributed by atoms with E-state index < -0.39 is 0 Å². The number of piperidine rings is 1. The summed E-state index contributed by atoms with van der Waals surface area (Å²) in [5.74, 6) is 0.988. The standard InChI is InChI=1S/C16H27N7/c1-3-4-9-23-16(18-19-20-23)13-21-8-6-5-7-15(21)12-22-11-14(2)10-17-22/h10-11,15H,3-9,12-13H2,1-2H3. The normalized spacial score (nSPS) is 19.3. The van der Waals surface area contributed by atoms with Crippen LogP contribution >= 0.6 is 0 Å². The summed E-state index contributed by atoms with van der Waals surface area (Å²) >= 11 is 0. The Morgan fingerprint density at radius 1 is 1.30 bits per heavy atom. The highest BCUT2D eigenvalue weighted by atomic mass is 15.5. The van der Waals surface area contributed by atoms with Gasteiger partial charge in [0.2, 0.25) is 0 Å². The highest BCUT2D eigenvalue weighted by Gasteiger charge is 2.24. The second-order valence-electron chi connectivity index (χ2n) is 6.53. The average Bonchev–Trinajstić information content (AvgIpc) is 3.16. The molecule has 126 valence electrons. The Kier molecular flexibility index (Phi) is 5.38. The van der Waals surface area contributed by atoms with Gasteiger partial charge in [-0.1, -0.05) is 19.8 Å². The lowest BCUT2D eigenvalue weighted by molar-refractivity contribution is 0.116. The molecule has 7 heteroatoms. The third-order valence-electron chi connectivity index (χ3n) is 4.58. The molecule has 1 aliphatic heterocycles. The molecule has 3 rings (SSSR count). The topological polar surface area (TPSA) is 64.7 Å². The number of aromatic nitrogens is 6. The Morgan fingerprint density at radius 3 is 3.00 bits per heavy atom. The van der Waals surface area contributed by atoms with Crippen LogP contribution in [0.25, 0.3) is 0 Å². The highest BCUT2D eigenvalue weighted by Crippen LogP contribution is 2.20. The van der Waals surface area contributed by atoms with Crippen LogP contribution < -0.4 is 0 Å². The molecule has 2 aromatic heterocycles. The van der Waals surface area contributed by atoms with Crippen LogP contribution in [0.5, 0.6) is 0 Å². The number of rotatable bonds is 7. The smallest absolute Gasteiger partial charge is 0.165 e. The predicted octanol–water partition coefficient (Wildman–Crippen LogP) is 2.03. The summed E-state index contributed by atoms with van der Waals surface area (Å²) < 4.78 is 4.03. The third-order valence-corrected chi connectivity index (χ3v) is 4.58. The van der Waals surface area contributed by atoms with Crippen molar-refractivity contribution in [3.8, 4) is 0 Å². The SMILES string of the molecule is CCCCn1nnnc1CN1CCCCC1Cn1cc(C)cn1. The lowest BCUT2D eigenvalue weighted by Gasteiger charge is -2.35. The van der Waals surface area contributed by atoms with E-state index in [4.69, 9.17) is 0 Å². The molecule has 0 aromatic carbocycles. The number of aryl methyl sites for hydroxylation is 2. The van der Waals surface area contributed by atoms with Crippen LogP contribution in [0.15, 0.2) is 12.4 Å². The molecule has 0 saturated carbocycles. The number of nitrogens with zero attached hydrogens (tertiary/aromatic N) is 7. The van der Waals surface area contributed by atoms with Gasteiger partial charge < -0.3 is 0 Å². The van der Waals surface area contributed by atoms with Gasteiger partial charge in [-0.15, -0.1) is 5.10 Å². The first-order chi connectivity index (χ1) is 11.3. The number of unbranched alkanes of at least 4 members (excludes halogenated alkanes) is 1. The minimum absolute atomic E-state index is 0.513. The third kappa shape index (κ3) is 4.16. The van der Waals surface area contributed by atoms with Gasteiger partial charge >= 0.3 is 0 Å². The van der Waals surface area contributed by atoms with Crippen LogP contribution in [0.2, 0.25) is 0 Å². The first kappa shape index (κ1) is 16.1. The Hall–Kier alpha value is -1.76. The molecule has 7 nitrogen and oxygen atoms in total. The molecule has 1 aliphatic rings. The van der Waals surface area contributed by atoms with Crippen molar-refractivity contribution in [3.63, 3.8) is 0 Å². The fraction of sp³-hybridized carbons (Fsp3) is 0.750. The number of hydrogen-bond acceptors (Lipinski definition) is 5. The summed E-state index contributed by atoms with van der Waals surface area (Å²) in [6, 6.07) is 0.513. The van der Waals surface area contributed by atoms with Gasteiger partial charge in [0.1, 0.15) is 0 Å². The van der Waals surface area contributed by atoms with Crippen LogP contribution in [0, 0.1) is 6.92 Å². The van der Waals surface area contributed by atoms with E-state index >= 15 is 0 Å². The Labute approximate surface area is 137 Å². The van der Waals surface area contributed by atoms with Gasteiger partial charge in [-0.3, -0.25) is 9.58 Å². The van der Waals surface area contributed by atoms with E-state index in [0.717, 1.165) is 44.8 Å². The molecule has 3 heterocycles. The van der Waals surface area contributed by atoms with Crippen LogP contribution in [0.1, 0.15) is 50.4 Å². The van der Waals surface area contributed by atoms with Gasteiger partial charge in [-0.2, -0.15) is 5.10 Å². The van der Waals surface area contributed by atoms with Crippen molar-refractivity contribution < 1.29 is 0 Å². The number of tetrazole rings is 1. The number of likely N-dealkylation sites (tertiary alicyclic amines) is 1. The Bertz CT molecular complexity index is 603. The molecule has 0 amide bonds. The molecule has 0 N–H and O–H groups in total. The molecule has 0 aliphatic carbocycles. The number of hydrogen-bond donors (Lipinski definition) is 0. The maximum absolute atomic E-state index is 4.44. The Morgan fingerprint density at radius 2 is 2.22 bits per heavy atom. The van der Waals surface area contributed by atoms with E-state index in [0.29, 0.717) is 6.04 Å². The molecule has 0 bridgehead atoms. The first-order valence-electron chi connectivity index (χ1n) is 8.74. The monoisotopic (exact) mass is 317 g/mol. The summed E-state index contributed by atoms with van der Waals surface area (Å²) in [7, 11) is 0. The van der Waals surface area contributed by atoms with Crippen LogP contribution in [0.4, 0.5) is 0 Å². The largest absolute Gasteiger partial charge is 0.291 e. The zero-order valence-corrected chi connectivity index (χ0v) is 14.2. The fourth-order valence-corrected chi connectivity index (χ4v) is 3.26. The van der Waals surface area contributed by atoms with E-state index in [-0.39, 0.29) is 0 Å². The zero-order chi connectivity index (χ0) is 16.1. The van der Waals surface area contributed by atoms with Crippen molar-refractivity contribution in [2.45, 2.75) is 71.6 Å². The summed E-state index contributed by atoms with van der Waals surface area (Å²) in [6.07, 6.45) is 10.1. The van der Waals surface area contributed by atoms with Crippen molar-refractivity contribution in [1.82, 2.24) is 34.9 Å². The lowest BCUT2D eigenvalue weighted by Crippen LogP contribution is -2.42. The average molecular weight is 317 g/mol. The quantitative estimate of drug-likeness (QED) is 0.782. The summed E-state index contributed by atoms with van der Waals surface area (Å²) in [6.45, 7) is 8.09. The maximum atomic E-state index is 4.44. The minimum Gasteiger partial charge on any atom is -0.291 e. The minimum atomic E-state index is 0.513. The van der Waals surface area contributed by atoms with Gasteiger partial charge in [0.15, 0.2) is 5.82 Å². The van der Waals surface area contributed by atoms with Gasteiger partial charge in [-0.05, 0) is 48.7 Å². The fourth-order valence-electron chi connectivity index (χ4n) is 3.26. The highest BCUT2D eigenvalue weighted by molar-refractivity contribution is 4.99. The summed E-state index contributed by atoms with van der Waals surface area (Å²) in [5, 5.41) is 16.7. The predicted molar refractivity (Wildman–Crippen MR) is 87.7 cm³/mol. The van der Waals surface area contributed by atoms with Crippen LogP contribution in [0.3, 0.4) is 0 Å². The summed E-state index contributed by atoms with van der Waals surface area (Å²) in [4.78, 5) is 2.52. The van der Waals surface area contributed by atoms with Gasteiger partial charge in [-0.25, -0.2) is 4.68 Å². The molecular formula is C16H27N7. The molecule has 0 spiro atoms. The molecule has 1 saturated heterocycles. The van der Waals surface area contributed by atoms with E-state index in [1.54, 1.807) is 0 Å². The molecule has 1 atom stereocenters. The molecular weight excluding hydrogens is 290 g/mol. The molecule has 1 unspecified atom stereocenters. The molecule has 23 heavy (non-hydrogen) atoms. The van der Waals surface area contributed by atoms with Gasteiger partial charge in [0.25, 0.3) is 0 Å². The lowest BCUT2D eigenvalue weighted by atomic mass is 10.0. The second kappa shape index (κ2) is 7.68. The van der Waals surface area contributed by atoms with Crippen LogP contribution in [-0.2, 0) is 19.6 Å². The van der Waals surface area contributed by atoms with Crippen LogP contribution in [-0.4, -0.2) is 47.5 Å². The van der Waals surface area contributed by atoms with E-state index in [9.17, 15) is 0 Å². The van der Waals surface area contributed by atoms with E-state index in [1.807, 2.05) is 10.9 Å².